The minimum Gasteiger partial charge on any atom is -0.439 e. The Bertz CT molecular complexity index is 420. The Morgan fingerprint density at radius 3 is 2.43 bits per heavy atom. The maximum atomic E-state index is 12.0. The number of aromatic nitrogens is 1. The lowest BCUT2D eigenvalue weighted by atomic mass is 10.4. The van der Waals surface area contributed by atoms with Crippen LogP contribution < -0.4 is 0 Å². The van der Waals surface area contributed by atoms with Gasteiger partial charge in [0.2, 0.25) is 5.76 Å². The Hall–Kier alpha value is -1.12. The van der Waals surface area contributed by atoms with Crippen LogP contribution in [0.15, 0.2) is 10.8 Å². The molecule has 0 spiro atoms. The molecule has 0 aromatic carbocycles. The Kier molecular flexibility index (Phi) is 2.52. The highest BCUT2D eigenvalue weighted by molar-refractivity contribution is 7.85. The van der Waals surface area contributed by atoms with E-state index < -0.39 is 33.6 Å². The molecule has 14 heavy (non-hydrogen) atoms. The van der Waals surface area contributed by atoms with Crippen LogP contribution in [-0.2, 0) is 22.2 Å². The fourth-order valence-corrected chi connectivity index (χ4v) is 1.30. The quantitative estimate of drug-likeness (QED) is 0.573. The Labute approximate surface area is 75.8 Å². The molecule has 9 heteroatoms. The van der Waals surface area contributed by atoms with Crippen molar-refractivity contribution < 1.29 is 29.9 Å². The van der Waals surface area contributed by atoms with Gasteiger partial charge in [0.25, 0.3) is 0 Å². The molecule has 1 aromatic rings. The maximum Gasteiger partial charge on any atom is 0.451 e. The monoisotopic (exact) mass is 233 g/mol. The molecular weight excluding hydrogens is 230 g/mol. The van der Waals surface area contributed by atoms with Gasteiger partial charge in [-0.2, -0.15) is 21.6 Å². The third-order valence-electron chi connectivity index (χ3n) is 1.21. The summed E-state index contributed by atoms with van der Waals surface area (Å²) in [5.41, 5.74) is -0.986. The summed E-state index contributed by atoms with van der Waals surface area (Å²) in [6.45, 7) is 0. The third kappa shape index (κ3) is 2.69. The van der Waals surface area contributed by atoms with Crippen LogP contribution in [0.3, 0.4) is 0 Å². The molecule has 0 N–H and O–H groups in total. The highest BCUT2D eigenvalue weighted by atomic mass is 32.3. The summed E-state index contributed by atoms with van der Waals surface area (Å²) in [7, 11) is -5.05. The average Bonchev–Trinajstić information content (AvgIpc) is 2.29. The molecule has 0 fully saturated rings. The number of nitrogens with zero attached hydrogens (tertiary/aromatic N) is 1. The number of oxazole rings is 1. The maximum absolute atomic E-state index is 12.0. The summed E-state index contributed by atoms with van der Waals surface area (Å²) in [5, 5.41) is 0. The first-order valence-electron chi connectivity index (χ1n) is 3.12. The van der Waals surface area contributed by atoms with Crippen molar-refractivity contribution in [2.45, 2.75) is 11.9 Å². The molecule has 0 atom stereocenters. The second-order valence-corrected chi connectivity index (χ2v) is 3.68. The average molecular weight is 233 g/mol. The van der Waals surface area contributed by atoms with Crippen molar-refractivity contribution in [3.63, 3.8) is 0 Å². The van der Waals surface area contributed by atoms with Crippen LogP contribution in [0.5, 0.6) is 0 Å². The van der Waals surface area contributed by atoms with E-state index in [-0.39, 0.29) is 0 Å². The van der Waals surface area contributed by atoms with Gasteiger partial charge in [0.05, 0.1) is 0 Å². The van der Waals surface area contributed by atoms with Gasteiger partial charge in [-0.05, 0) is 0 Å². The van der Waals surface area contributed by atoms with E-state index in [4.69, 9.17) is 0 Å². The lowest BCUT2D eigenvalue weighted by Crippen LogP contribution is -2.09. The molecule has 0 bridgehead atoms. The van der Waals surface area contributed by atoms with E-state index in [2.05, 4.69) is 9.40 Å². The van der Waals surface area contributed by atoms with E-state index in [1.807, 2.05) is 0 Å². The van der Waals surface area contributed by atoms with Gasteiger partial charge in [-0.25, -0.2) is 4.98 Å². The van der Waals surface area contributed by atoms with E-state index in [9.17, 15) is 25.5 Å². The summed E-state index contributed by atoms with van der Waals surface area (Å²) in [6, 6.07) is 0. The van der Waals surface area contributed by atoms with Gasteiger partial charge in [-0.1, -0.05) is 0 Å². The van der Waals surface area contributed by atoms with Crippen molar-refractivity contribution in [1.29, 1.82) is 0 Å². The first-order chi connectivity index (χ1) is 6.20. The molecule has 1 heterocycles. The molecular formula is C5H3F4NO3S. The van der Waals surface area contributed by atoms with E-state index in [1.54, 1.807) is 0 Å². The summed E-state index contributed by atoms with van der Waals surface area (Å²) in [5.74, 6) is -3.04. The highest BCUT2D eigenvalue weighted by Gasteiger charge is 2.39. The Morgan fingerprint density at radius 2 is 2.00 bits per heavy atom. The normalized spacial score (nSPS) is 13.1. The first-order valence-corrected chi connectivity index (χ1v) is 4.67. The van der Waals surface area contributed by atoms with Gasteiger partial charge >= 0.3 is 16.4 Å². The van der Waals surface area contributed by atoms with Gasteiger partial charge in [0.1, 0.15) is 11.4 Å². The number of halogens is 4. The van der Waals surface area contributed by atoms with Crippen LogP contribution in [-0.4, -0.2) is 13.4 Å². The predicted molar refractivity (Wildman–Crippen MR) is 35.2 cm³/mol. The van der Waals surface area contributed by atoms with Crippen LogP contribution in [0.4, 0.5) is 17.1 Å². The van der Waals surface area contributed by atoms with E-state index in [1.165, 1.54) is 0 Å². The Balaban J connectivity index is 3.06. The summed E-state index contributed by atoms with van der Waals surface area (Å²) >= 11 is 0. The van der Waals surface area contributed by atoms with Crippen LogP contribution in [0, 0.1) is 0 Å². The van der Waals surface area contributed by atoms with E-state index in [0.29, 0.717) is 6.39 Å². The van der Waals surface area contributed by atoms with E-state index >= 15 is 0 Å². The van der Waals surface area contributed by atoms with Crippen molar-refractivity contribution in [3.05, 3.63) is 17.8 Å². The molecule has 0 aliphatic carbocycles. The molecule has 0 aliphatic heterocycles. The smallest absolute Gasteiger partial charge is 0.439 e. The van der Waals surface area contributed by atoms with Crippen molar-refractivity contribution in [2.24, 2.45) is 0 Å². The summed E-state index contributed by atoms with van der Waals surface area (Å²) in [4.78, 5) is 2.96. The molecule has 1 aromatic heterocycles. The molecule has 0 amide bonds. The third-order valence-corrected chi connectivity index (χ3v) is 1.83. The topological polar surface area (TPSA) is 60.2 Å². The number of hydrogen-bond donors (Lipinski definition) is 0. The lowest BCUT2D eigenvalue weighted by Gasteiger charge is -2.02. The van der Waals surface area contributed by atoms with Crippen LogP contribution in [0.2, 0.25) is 0 Å². The van der Waals surface area contributed by atoms with Gasteiger partial charge < -0.3 is 4.42 Å². The van der Waals surface area contributed by atoms with Crippen LogP contribution >= 0.6 is 0 Å². The number of alkyl halides is 3. The summed E-state index contributed by atoms with van der Waals surface area (Å²) < 4.78 is 72.1. The van der Waals surface area contributed by atoms with E-state index in [0.717, 1.165) is 0 Å². The lowest BCUT2D eigenvalue weighted by molar-refractivity contribution is -0.153. The first kappa shape index (κ1) is 11.0. The van der Waals surface area contributed by atoms with Gasteiger partial charge in [0, 0.05) is 0 Å². The summed E-state index contributed by atoms with van der Waals surface area (Å²) in [6.07, 6.45) is -4.47. The fourth-order valence-electron chi connectivity index (χ4n) is 0.766. The highest BCUT2D eigenvalue weighted by Crippen LogP contribution is 2.32. The fraction of sp³-hybridized carbons (Fsp3) is 0.400. The molecule has 1 rings (SSSR count). The van der Waals surface area contributed by atoms with Crippen molar-refractivity contribution in [3.8, 4) is 0 Å². The second-order valence-electron chi connectivity index (χ2n) is 2.31. The van der Waals surface area contributed by atoms with Crippen molar-refractivity contribution >= 4 is 10.2 Å². The molecule has 0 radical (unpaired) electrons. The largest absolute Gasteiger partial charge is 0.451 e. The number of hydrogen-bond acceptors (Lipinski definition) is 4. The Morgan fingerprint density at radius 1 is 1.43 bits per heavy atom. The van der Waals surface area contributed by atoms with Crippen molar-refractivity contribution in [2.75, 3.05) is 0 Å². The van der Waals surface area contributed by atoms with Crippen LogP contribution in [0.1, 0.15) is 11.5 Å². The molecule has 0 aliphatic rings. The molecule has 4 nitrogen and oxygen atoms in total. The minimum absolute atomic E-state index is 0.406. The SMILES string of the molecule is O=S(=O)(F)Cc1ncoc1C(F)(F)F. The zero-order valence-corrected chi connectivity index (χ0v) is 7.19. The van der Waals surface area contributed by atoms with Gasteiger partial charge in [-0.15, -0.1) is 3.89 Å². The standard InChI is InChI=1S/C5H3F4NO3S/c6-5(7,8)4-3(10-2-13-4)1-14(9,11)12/h2H,1H2. The zero-order chi connectivity index (χ0) is 11.0. The molecule has 0 saturated heterocycles. The molecule has 0 unspecified atom stereocenters. The number of rotatable bonds is 2. The second kappa shape index (κ2) is 3.23. The zero-order valence-electron chi connectivity index (χ0n) is 6.38. The van der Waals surface area contributed by atoms with Crippen molar-refractivity contribution in [1.82, 2.24) is 4.98 Å². The predicted octanol–water partition coefficient (Wildman–Crippen LogP) is 1.49. The molecule has 0 saturated carbocycles. The van der Waals surface area contributed by atoms with Crippen LogP contribution in [0.25, 0.3) is 0 Å². The van der Waals surface area contributed by atoms with Gasteiger partial charge in [0.15, 0.2) is 6.39 Å². The molecule has 80 valence electrons. The minimum atomic E-state index is -5.05. The van der Waals surface area contributed by atoms with Gasteiger partial charge in [-0.3, -0.25) is 0 Å².